The molecule has 3 rings (SSSR count). The highest BCUT2D eigenvalue weighted by molar-refractivity contribution is 7.13. The van der Waals surface area contributed by atoms with Crippen LogP contribution in [0.25, 0.3) is 0 Å². The number of carbonyl (C=O) groups excluding carboxylic acids is 1. The van der Waals surface area contributed by atoms with Gasteiger partial charge in [-0.25, -0.2) is 9.37 Å². The number of nitrogens with one attached hydrogen (secondary N) is 1. The van der Waals surface area contributed by atoms with E-state index in [2.05, 4.69) is 10.3 Å². The second kappa shape index (κ2) is 6.61. The second-order valence-corrected chi connectivity index (χ2v) is 7.28. The molecule has 2 aromatic rings. The summed E-state index contributed by atoms with van der Waals surface area (Å²) in [6.45, 7) is 3.73. The highest BCUT2D eigenvalue weighted by atomic mass is 32.1. The zero-order chi connectivity index (χ0) is 17.3. The molecular formula is C18H21FN2O2S. The van der Waals surface area contributed by atoms with Crippen molar-refractivity contribution in [1.82, 2.24) is 10.3 Å². The third-order valence-electron chi connectivity index (χ3n) is 4.66. The molecule has 6 heteroatoms. The lowest BCUT2D eigenvalue weighted by molar-refractivity contribution is 0.0826. The summed E-state index contributed by atoms with van der Waals surface area (Å²) in [6, 6.07) is 6.49. The van der Waals surface area contributed by atoms with Gasteiger partial charge in [0.25, 0.3) is 5.91 Å². The summed E-state index contributed by atoms with van der Waals surface area (Å²) in [7, 11) is 1.62. The van der Waals surface area contributed by atoms with Crippen LogP contribution in [-0.4, -0.2) is 18.0 Å². The van der Waals surface area contributed by atoms with E-state index < -0.39 is 5.54 Å². The van der Waals surface area contributed by atoms with Crippen LogP contribution in [0.3, 0.4) is 0 Å². The molecule has 0 aliphatic heterocycles. The Kier molecular flexibility index (Phi) is 4.69. The first-order valence-corrected chi connectivity index (χ1v) is 8.85. The van der Waals surface area contributed by atoms with E-state index in [1.54, 1.807) is 13.2 Å². The molecule has 1 N–H and O–H groups in total. The number of aromatic nitrogens is 1. The molecule has 1 saturated carbocycles. The van der Waals surface area contributed by atoms with E-state index in [0.717, 1.165) is 29.8 Å². The van der Waals surface area contributed by atoms with Crippen molar-refractivity contribution >= 4 is 17.2 Å². The molecule has 0 radical (unpaired) electrons. The van der Waals surface area contributed by atoms with Gasteiger partial charge in [-0.15, -0.1) is 11.3 Å². The fraction of sp³-hybridized carbons (Fsp3) is 0.444. The van der Waals surface area contributed by atoms with Gasteiger partial charge in [0.1, 0.15) is 21.8 Å². The first-order valence-electron chi connectivity index (χ1n) is 8.04. The second-order valence-electron chi connectivity index (χ2n) is 6.24. The number of ether oxygens (including phenoxy) is 1. The maximum Gasteiger partial charge on any atom is 0.263 e. The zero-order valence-corrected chi connectivity index (χ0v) is 14.9. The Bertz CT molecular complexity index is 755. The maximum atomic E-state index is 13.6. The first kappa shape index (κ1) is 17.0. The van der Waals surface area contributed by atoms with Gasteiger partial charge in [-0.1, -0.05) is 12.1 Å². The molecule has 0 saturated heterocycles. The van der Waals surface area contributed by atoms with Gasteiger partial charge in [-0.3, -0.25) is 4.79 Å². The predicted octanol–water partition coefficient (Wildman–Crippen LogP) is 4.11. The van der Waals surface area contributed by atoms with Crippen molar-refractivity contribution in [3.05, 3.63) is 51.2 Å². The van der Waals surface area contributed by atoms with Gasteiger partial charge in [0, 0.05) is 7.11 Å². The fourth-order valence-electron chi connectivity index (χ4n) is 2.98. The topological polar surface area (TPSA) is 51.2 Å². The molecular weight excluding hydrogens is 327 g/mol. The number of thiazole rings is 1. The summed E-state index contributed by atoms with van der Waals surface area (Å²) < 4.78 is 18.9. The largest absolute Gasteiger partial charge is 0.375 e. The molecule has 1 atom stereocenters. The minimum Gasteiger partial charge on any atom is -0.375 e. The van der Waals surface area contributed by atoms with E-state index in [9.17, 15) is 9.18 Å². The number of halogens is 1. The molecule has 0 spiro atoms. The third-order valence-corrected chi connectivity index (χ3v) is 5.98. The van der Waals surface area contributed by atoms with Gasteiger partial charge in [0.05, 0.1) is 11.2 Å². The fourth-order valence-corrected chi connectivity index (χ4v) is 3.97. The minimum atomic E-state index is -0.470. The van der Waals surface area contributed by atoms with Crippen molar-refractivity contribution in [2.24, 2.45) is 0 Å². The van der Waals surface area contributed by atoms with Crippen molar-refractivity contribution in [3.63, 3.8) is 0 Å². The van der Waals surface area contributed by atoms with Gasteiger partial charge in [0.15, 0.2) is 0 Å². The Hall–Kier alpha value is -1.79. The smallest absolute Gasteiger partial charge is 0.263 e. The van der Waals surface area contributed by atoms with E-state index in [-0.39, 0.29) is 17.8 Å². The molecule has 0 bridgehead atoms. The van der Waals surface area contributed by atoms with Gasteiger partial charge in [-0.05, 0) is 50.8 Å². The molecule has 4 nitrogen and oxygen atoms in total. The summed E-state index contributed by atoms with van der Waals surface area (Å²) in [5.74, 6) is -0.429. The lowest BCUT2D eigenvalue weighted by atomic mass is 9.71. The number of hydrogen-bond donors (Lipinski definition) is 1. The number of carbonyl (C=O) groups is 1. The number of rotatable bonds is 5. The molecule has 24 heavy (non-hydrogen) atoms. The van der Waals surface area contributed by atoms with Crippen LogP contribution in [0, 0.1) is 12.7 Å². The van der Waals surface area contributed by atoms with Crippen LogP contribution in [0.15, 0.2) is 24.3 Å². The molecule has 1 fully saturated rings. The third kappa shape index (κ3) is 3.08. The van der Waals surface area contributed by atoms with Crippen LogP contribution in [0.1, 0.15) is 58.2 Å². The highest BCUT2D eigenvalue weighted by Gasteiger charge is 2.41. The van der Waals surface area contributed by atoms with Crippen LogP contribution >= 0.6 is 11.3 Å². The van der Waals surface area contributed by atoms with Crippen LogP contribution in [0.4, 0.5) is 4.39 Å². The summed E-state index contributed by atoms with van der Waals surface area (Å²) >= 11 is 1.35. The van der Waals surface area contributed by atoms with Crippen LogP contribution in [0.2, 0.25) is 0 Å². The molecule has 1 aliphatic carbocycles. The van der Waals surface area contributed by atoms with E-state index in [1.807, 2.05) is 19.9 Å². The normalized spacial score (nSPS) is 17.2. The van der Waals surface area contributed by atoms with Crippen molar-refractivity contribution in [1.29, 1.82) is 0 Å². The number of nitrogens with zero attached hydrogens (tertiary/aromatic N) is 1. The maximum absolute atomic E-state index is 13.6. The monoisotopic (exact) mass is 348 g/mol. The minimum absolute atomic E-state index is 0.142. The standard InChI is InChI=1S/C18H21FN2O2S/c1-11-15(24-17(20-11)12(2)23-3)16(22)21-18(8-5-9-18)13-6-4-7-14(19)10-13/h4,6-7,10,12H,5,8-9H2,1-3H3,(H,21,22). The van der Waals surface area contributed by atoms with Gasteiger partial charge in [0.2, 0.25) is 0 Å². The van der Waals surface area contributed by atoms with Crippen LogP contribution in [-0.2, 0) is 10.3 Å². The molecule has 1 aliphatic rings. The van der Waals surface area contributed by atoms with E-state index in [0.29, 0.717) is 10.6 Å². The summed E-state index contributed by atoms with van der Waals surface area (Å²) in [5.41, 5.74) is 1.06. The van der Waals surface area contributed by atoms with Crippen molar-refractivity contribution in [2.45, 2.75) is 44.8 Å². The summed E-state index contributed by atoms with van der Waals surface area (Å²) in [5, 5.41) is 3.91. The van der Waals surface area contributed by atoms with Gasteiger partial charge in [-0.2, -0.15) is 0 Å². The van der Waals surface area contributed by atoms with Crippen molar-refractivity contribution in [2.75, 3.05) is 7.11 Å². The zero-order valence-electron chi connectivity index (χ0n) is 14.1. The number of hydrogen-bond acceptors (Lipinski definition) is 4. The quantitative estimate of drug-likeness (QED) is 0.885. The molecule has 1 unspecified atom stereocenters. The molecule has 128 valence electrons. The van der Waals surface area contributed by atoms with Crippen molar-refractivity contribution in [3.8, 4) is 0 Å². The summed E-state index contributed by atoms with van der Waals surface area (Å²) in [4.78, 5) is 17.8. The predicted molar refractivity (Wildman–Crippen MR) is 91.7 cm³/mol. The molecule has 1 aromatic carbocycles. The molecule has 1 heterocycles. The van der Waals surface area contributed by atoms with Gasteiger partial charge < -0.3 is 10.1 Å². The Morgan fingerprint density at radius 2 is 2.21 bits per heavy atom. The van der Waals surface area contributed by atoms with E-state index >= 15 is 0 Å². The van der Waals surface area contributed by atoms with Crippen molar-refractivity contribution < 1.29 is 13.9 Å². The molecule has 1 amide bonds. The Morgan fingerprint density at radius 3 is 2.79 bits per heavy atom. The summed E-state index contributed by atoms with van der Waals surface area (Å²) in [6.07, 6.45) is 2.52. The van der Waals surface area contributed by atoms with Crippen LogP contribution in [0.5, 0.6) is 0 Å². The SMILES string of the molecule is COC(C)c1nc(C)c(C(=O)NC2(c3cccc(F)c3)CCC2)s1. The Labute approximate surface area is 145 Å². The molecule has 1 aromatic heterocycles. The van der Waals surface area contributed by atoms with E-state index in [1.165, 1.54) is 23.5 Å². The van der Waals surface area contributed by atoms with Crippen LogP contribution < -0.4 is 5.32 Å². The first-order chi connectivity index (χ1) is 11.4. The Morgan fingerprint density at radius 1 is 1.46 bits per heavy atom. The highest BCUT2D eigenvalue weighted by Crippen LogP contribution is 2.42. The Balaban J connectivity index is 1.84. The average Bonchev–Trinajstić information content (AvgIpc) is 2.92. The van der Waals surface area contributed by atoms with Gasteiger partial charge >= 0.3 is 0 Å². The number of benzene rings is 1. The average molecular weight is 348 g/mol. The number of amides is 1. The number of aryl methyl sites for hydroxylation is 1. The number of methoxy groups -OCH3 is 1. The lowest BCUT2D eigenvalue weighted by Crippen LogP contribution is -2.50. The van der Waals surface area contributed by atoms with E-state index in [4.69, 9.17) is 4.74 Å². The lowest BCUT2D eigenvalue weighted by Gasteiger charge is -2.43.